The SMILES string of the molecule is [O]c1ccc2cc(-c3ccc(-c4ccccc4)n3Cc3ccccc3)ccc2c1. The summed E-state index contributed by atoms with van der Waals surface area (Å²) >= 11 is 0. The van der Waals surface area contributed by atoms with E-state index in [-0.39, 0.29) is 5.75 Å². The molecule has 0 saturated heterocycles. The number of nitrogens with zero attached hydrogens (tertiary/aromatic N) is 1. The molecule has 1 heterocycles. The Morgan fingerprint density at radius 3 is 1.93 bits per heavy atom. The average molecular weight is 374 g/mol. The quantitative estimate of drug-likeness (QED) is 0.319. The summed E-state index contributed by atoms with van der Waals surface area (Å²) in [7, 11) is 0. The standard InChI is InChI=1S/C27H20NO/c29-25-14-13-22-17-24(12-11-23(22)18-25)27-16-15-26(21-9-5-2-6-10-21)28(27)19-20-7-3-1-4-8-20/h1-18H,19H2. The highest BCUT2D eigenvalue weighted by atomic mass is 16.3. The van der Waals surface area contributed by atoms with Gasteiger partial charge in [-0.05, 0) is 57.8 Å². The third-order valence-electron chi connectivity index (χ3n) is 5.34. The predicted molar refractivity (Wildman–Crippen MR) is 118 cm³/mol. The molecule has 1 radical (unpaired) electrons. The Morgan fingerprint density at radius 1 is 0.552 bits per heavy atom. The molecule has 4 aromatic carbocycles. The van der Waals surface area contributed by atoms with Crippen molar-refractivity contribution in [3.8, 4) is 28.3 Å². The minimum Gasteiger partial charge on any atom is -0.336 e. The third kappa shape index (κ3) is 3.41. The molecule has 29 heavy (non-hydrogen) atoms. The van der Waals surface area contributed by atoms with Crippen LogP contribution in [0.25, 0.3) is 33.3 Å². The van der Waals surface area contributed by atoms with Crippen LogP contribution in [0.1, 0.15) is 5.56 Å². The van der Waals surface area contributed by atoms with Gasteiger partial charge in [-0.2, -0.15) is 0 Å². The number of fused-ring (bicyclic) bond motifs is 1. The zero-order valence-electron chi connectivity index (χ0n) is 16.0. The van der Waals surface area contributed by atoms with E-state index in [0.29, 0.717) is 0 Å². The summed E-state index contributed by atoms with van der Waals surface area (Å²) in [5.74, 6) is 0.0454. The van der Waals surface area contributed by atoms with E-state index in [0.717, 1.165) is 22.9 Å². The van der Waals surface area contributed by atoms with E-state index in [2.05, 4.69) is 77.4 Å². The summed E-state index contributed by atoms with van der Waals surface area (Å²) in [6.45, 7) is 0.797. The molecule has 0 fully saturated rings. The Morgan fingerprint density at radius 2 is 1.17 bits per heavy atom. The van der Waals surface area contributed by atoms with Crippen molar-refractivity contribution in [2.45, 2.75) is 6.54 Å². The van der Waals surface area contributed by atoms with Crippen LogP contribution < -0.4 is 0 Å². The van der Waals surface area contributed by atoms with Crippen molar-refractivity contribution in [1.29, 1.82) is 0 Å². The Kier molecular flexibility index (Phi) is 4.38. The van der Waals surface area contributed by atoms with Crippen LogP contribution in [-0.4, -0.2) is 4.57 Å². The summed E-state index contributed by atoms with van der Waals surface area (Å²) in [6.07, 6.45) is 0. The molecule has 5 rings (SSSR count). The van der Waals surface area contributed by atoms with E-state index in [1.54, 1.807) is 12.1 Å². The molecule has 0 atom stereocenters. The van der Waals surface area contributed by atoms with Gasteiger partial charge in [-0.15, -0.1) is 0 Å². The lowest BCUT2D eigenvalue weighted by molar-refractivity contribution is 0.355. The monoisotopic (exact) mass is 374 g/mol. The Labute approximate surface area is 170 Å². The Hall–Kier alpha value is -3.78. The average Bonchev–Trinajstić information content (AvgIpc) is 3.18. The fraction of sp³-hybridized carbons (Fsp3) is 0.0370. The van der Waals surface area contributed by atoms with Crippen LogP contribution >= 0.6 is 0 Å². The van der Waals surface area contributed by atoms with Gasteiger partial charge in [-0.25, -0.2) is 0 Å². The Balaban J connectivity index is 1.66. The Bertz CT molecular complexity index is 1270. The van der Waals surface area contributed by atoms with E-state index < -0.39 is 0 Å². The summed E-state index contributed by atoms with van der Waals surface area (Å²) in [6, 6.07) is 36.9. The van der Waals surface area contributed by atoms with Crippen LogP contribution in [0.4, 0.5) is 0 Å². The molecule has 0 amide bonds. The van der Waals surface area contributed by atoms with Gasteiger partial charge in [-0.3, -0.25) is 5.11 Å². The normalized spacial score (nSPS) is 11.0. The van der Waals surface area contributed by atoms with Crippen molar-refractivity contribution >= 4 is 10.8 Å². The van der Waals surface area contributed by atoms with Crippen molar-refractivity contribution in [3.05, 3.63) is 115 Å². The number of aromatic nitrogens is 1. The molecule has 2 heteroatoms. The van der Waals surface area contributed by atoms with Crippen LogP contribution in [0.3, 0.4) is 0 Å². The van der Waals surface area contributed by atoms with E-state index in [4.69, 9.17) is 0 Å². The maximum absolute atomic E-state index is 11.7. The second-order valence-electron chi connectivity index (χ2n) is 7.27. The van der Waals surface area contributed by atoms with Gasteiger partial charge in [0.1, 0.15) is 0 Å². The van der Waals surface area contributed by atoms with Gasteiger partial charge >= 0.3 is 0 Å². The topological polar surface area (TPSA) is 24.8 Å². The highest BCUT2D eigenvalue weighted by Gasteiger charge is 2.13. The zero-order chi connectivity index (χ0) is 19.6. The molecule has 139 valence electrons. The zero-order valence-corrected chi connectivity index (χ0v) is 16.0. The highest BCUT2D eigenvalue weighted by Crippen LogP contribution is 2.32. The van der Waals surface area contributed by atoms with Gasteiger partial charge in [0.25, 0.3) is 0 Å². The second-order valence-corrected chi connectivity index (χ2v) is 7.27. The fourth-order valence-electron chi connectivity index (χ4n) is 3.90. The molecular weight excluding hydrogens is 354 g/mol. The lowest BCUT2D eigenvalue weighted by atomic mass is 10.0. The van der Waals surface area contributed by atoms with Gasteiger partial charge < -0.3 is 4.57 Å². The first-order valence-corrected chi connectivity index (χ1v) is 9.78. The molecule has 1 aromatic heterocycles. The number of hydrogen-bond donors (Lipinski definition) is 0. The van der Waals surface area contributed by atoms with Gasteiger partial charge in [0.15, 0.2) is 5.75 Å². The largest absolute Gasteiger partial charge is 0.336 e. The molecule has 0 N–H and O–H groups in total. The molecule has 2 nitrogen and oxygen atoms in total. The fourth-order valence-corrected chi connectivity index (χ4v) is 3.90. The first-order valence-electron chi connectivity index (χ1n) is 9.78. The van der Waals surface area contributed by atoms with Gasteiger partial charge in [0.2, 0.25) is 0 Å². The van der Waals surface area contributed by atoms with Crippen LogP contribution in [0.15, 0.2) is 109 Å². The maximum Gasteiger partial charge on any atom is 0.179 e. The summed E-state index contributed by atoms with van der Waals surface area (Å²) in [4.78, 5) is 0. The molecule has 5 aromatic rings. The molecule has 0 unspecified atom stereocenters. The maximum atomic E-state index is 11.7. The second kappa shape index (κ2) is 7.33. The number of rotatable bonds is 4. The first kappa shape index (κ1) is 17.3. The molecule has 0 spiro atoms. The van der Waals surface area contributed by atoms with E-state index in [1.807, 2.05) is 24.3 Å². The number of benzene rings is 4. The minimum absolute atomic E-state index is 0.0454. The van der Waals surface area contributed by atoms with Crippen molar-refractivity contribution in [2.24, 2.45) is 0 Å². The first-order chi connectivity index (χ1) is 14.3. The summed E-state index contributed by atoms with van der Waals surface area (Å²) < 4.78 is 2.37. The molecule has 0 aliphatic heterocycles. The van der Waals surface area contributed by atoms with Crippen molar-refractivity contribution in [3.63, 3.8) is 0 Å². The molecule has 0 aliphatic carbocycles. The van der Waals surface area contributed by atoms with Gasteiger partial charge in [-0.1, -0.05) is 78.9 Å². The lowest BCUT2D eigenvalue weighted by Gasteiger charge is -2.15. The number of hydrogen-bond acceptors (Lipinski definition) is 0. The minimum atomic E-state index is 0.0454. The van der Waals surface area contributed by atoms with Crippen LogP contribution in [0.5, 0.6) is 5.75 Å². The van der Waals surface area contributed by atoms with Gasteiger partial charge in [0, 0.05) is 17.9 Å². The molecule has 0 bridgehead atoms. The molecule has 0 saturated carbocycles. The summed E-state index contributed by atoms with van der Waals surface area (Å²) in [5.41, 5.74) is 5.97. The predicted octanol–water partition coefficient (Wildman–Crippen LogP) is 7.17. The van der Waals surface area contributed by atoms with Crippen molar-refractivity contribution in [1.82, 2.24) is 4.57 Å². The molecule has 0 aliphatic rings. The van der Waals surface area contributed by atoms with Crippen molar-refractivity contribution in [2.75, 3.05) is 0 Å². The van der Waals surface area contributed by atoms with E-state index in [9.17, 15) is 5.11 Å². The van der Waals surface area contributed by atoms with E-state index >= 15 is 0 Å². The molecular formula is C27H20NO. The van der Waals surface area contributed by atoms with Crippen LogP contribution in [0.2, 0.25) is 0 Å². The third-order valence-corrected chi connectivity index (χ3v) is 5.34. The van der Waals surface area contributed by atoms with Crippen LogP contribution in [-0.2, 0) is 11.7 Å². The summed E-state index contributed by atoms with van der Waals surface area (Å²) in [5, 5.41) is 13.7. The van der Waals surface area contributed by atoms with Crippen molar-refractivity contribution < 1.29 is 5.11 Å². The lowest BCUT2D eigenvalue weighted by Crippen LogP contribution is -2.03. The van der Waals surface area contributed by atoms with Crippen LogP contribution in [0, 0.1) is 0 Å². The smallest absolute Gasteiger partial charge is 0.179 e. The van der Waals surface area contributed by atoms with E-state index in [1.165, 1.54) is 22.5 Å². The highest BCUT2D eigenvalue weighted by molar-refractivity contribution is 5.88. The van der Waals surface area contributed by atoms with Gasteiger partial charge in [0.05, 0.1) is 0 Å².